The van der Waals surface area contributed by atoms with Gasteiger partial charge < -0.3 is 5.11 Å². The average molecular weight is 310 g/mol. The molecule has 1 amide bonds. The third kappa shape index (κ3) is 2.76. The predicted octanol–water partition coefficient (Wildman–Crippen LogP) is 1.59. The molecule has 116 valence electrons. The average Bonchev–Trinajstić information content (AvgIpc) is 2.75. The van der Waals surface area contributed by atoms with E-state index in [4.69, 9.17) is 0 Å². The summed E-state index contributed by atoms with van der Waals surface area (Å²) >= 11 is 0. The molecule has 1 aliphatic heterocycles. The fraction of sp³-hybridized carbons (Fsp3) is 0.125. The van der Waals surface area contributed by atoms with E-state index in [0.717, 1.165) is 0 Å². The molecule has 3 rings (SSSR count). The number of phenols is 1. The number of phenolic OH excluding ortho intramolecular Hbond substituents is 1. The molecule has 0 fully saturated rings. The first-order chi connectivity index (χ1) is 11.0. The molecule has 1 aromatic carbocycles. The molecule has 7 heteroatoms. The highest BCUT2D eigenvalue weighted by Gasteiger charge is 2.30. The Kier molecular flexibility index (Phi) is 3.53. The number of aryl methyl sites for hydroxylation is 1. The predicted molar refractivity (Wildman–Crippen MR) is 86.3 cm³/mol. The van der Waals surface area contributed by atoms with Crippen molar-refractivity contribution in [1.29, 1.82) is 0 Å². The van der Waals surface area contributed by atoms with Crippen LogP contribution in [0, 0.1) is 6.92 Å². The number of aromatic nitrogens is 2. The van der Waals surface area contributed by atoms with Gasteiger partial charge in [-0.15, -0.1) is 0 Å². The zero-order chi connectivity index (χ0) is 16.6. The minimum atomic E-state index is -0.417. The van der Waals surface area contributed by atoms with Gasteiger partial charge in [-0.05, 0) is 26.0 Å². The molecule has 23 heavy (non-hydrogen) atoms. The van der Waals surface area contributed by atoms with Gasteiger partial charge in [0.25, 0.3) is 11.5 Å². The number of para-hydroxylation sites is 1. The van der Waals surface area contributed by atoms with Crippen molar-refractivity contribution in [3.63, 3.8) is 0 Å². The van der Waals surface area contributed by atoms with E-state index in [1.54, 1.807) is 32.0 Å². The van der Waals surface area contributed by atoms with Crippen LogP contribution in [0.1, 0.15) is 18.2 Å². The fourth-order valence-corrected chi connectivity index (χ4v) is 2.30. The highest BCUT2D eigenvalue weighted by Crippen LogP contribution is 2.25. The molecule has 2 heterocycles. The number of anilines is 1. The number of nitrogens with one attached hydrogen (secondary N) is 1. The second kappa shape index (κ2) is 5.53. The van der Waals surface area contributed by atoms with Crippen LogP contribution in [0.25, 0.3) is 6.08 Å². The van der Waals surface area contributed by atoms with Crippen LogP contribution in [0.4, 0.5) is 5.95 Å². The van der Waals surface area contributed by atoms with Gasteiger partial charge in [-0.3, -0.25) is 14.6 Å². The van der Waals surface area contributed by atoms with Crippen LogP contribution in [0.2, 0.25) is 0 Å². The number of carbonyl (C=O) groups excluding carboxylic acids is 1. The number of amides is 1. The Morgan fingerprint density at radius 2 is 1.96 bits per heavy atom. The first-order valence-corrected chi connectivity index (χ1v) is 6.93. The van der Waals surface area contributed by atoms with E-state index in [9.17, 15) is 14.7 Å². The molecule has 7 nitrogen and oxygen atoms in total. The van der Waals surface area contributed by atoms with Gasteiger partial charge in [0, 0.05) is 17.3 Å². The van der Waals surface area contributed by atoms with Crippen molar-refractivity contribution in [1.82, 2.24) is 9.97 Å². The summed E-state index contributed by atoms with van der Waals surface area (Å²) in [4.78, 5) is 36.3. The van der Waals surface area contributed by atoms with Gasteiger partial charge in [0.2, 0.25) is 5.95 Å². The van der Waals surface area contributed by atoms with E-state index in [1.165, 1.54) is 23.1 Å². The Hall–Kier alpha value is -3.22. The standard InChI is InChI=1S/C16H14N4O3/c1-9-7-14(22)19-16(17-9)20-10(2)18-12(15(20)23)8-11-5-3-4-6-13(11)21/h3-8,21H,1-2H3,(H,17,19,22)/b12-8+. The third-order valence-electron chi connectivity index (χ3n) is 3.33. The summed E-state index contributed by atoms with van der Waals surface area (Å²) in [6.45, 7) is 3.32. The number of amidine groups is 1. The van der Waals surface area contributed by atoms with Crippen molar-refractivity contribution in [3.8, 4) is 5.75 Å². The van der Waals surface area contributed by atoms with Crippen LogP contribution >= 0.6 is 0 Å². The van der Waals surface area contributed by atoms with Crippen LogP contribution in [0.15, 0.2) is 45.8 Å². The maximum atomic E-state index is 12.6. The van der Waals surface area contributed by atoms with Gasteiger partial charge in [0.1, 0.15) is 17.3 Å². The van der Waals surface area contributed by atoms with Crippen molar-refractivity contribution in [2.45, 2.75) is 13.8 Å². The Morgan fingerprint density at radius 3 is 2.65 bits per heavy atom. The maximum Gasteiger partial charge on any atom is 0.284 e. The van der Waals surface area contributed by atoms with Crippen LogP contribution in [-0.2, 0) is 4.79 Å². The molecule has 0 saturated carbocycles. The van der Waals surface area contributed by atoms with Crippen molar-refractivity contribution in [2.24, 2.45) is 4.99 Å². The molecule has 0 saturated heterocycles. The highest BCUT2D eigenvalue weighted by molar-refractivity contribution is 6.27. The maximum absolute atomic E-state index is 12.6. The molecule has 0 unspecified atom stereocenters. The van der Waals surface area contributed by atoms with Gasteiger partial charge in [-0.2, -0.15) is 0 Å². The fourth-order valence-electron chi connectivity index (χ4n) is 2.30. The first kappa shape index (κ1) is 14.7. The molecule has 0 atom stereocenters. The summed E-state index contributed by atoms with van der Waals surface area (Å²) in [5.41, 5.74) is 0.807. The topological polar surface area (TPSA) is 98.7 Å². The summed E-state index contributed by atoms with van der Waals surface area (Å²) in [5, 5.41) is 9.80. The molecule has 0 bridgehead atoms. The highest BCUT2D eigenvalue weighted by atomic mass is 16.3. The minimum Gasteiger partial charge on any atom is -0.507 e. The number of aliphatic imine (C=N–C) groups is 1. The summed E-state index contributed by atoms with van der Waals surface area (Å²) in [6, 6.07) is 7.99. The van der Waals surface area contributed by atoms with Crippen LogP contribution in [0.5, 0.6) is 5.75 Å². The molecule has 2 N–H and O–H groups in total. The Balaban J connectivity index is 2.02. The second-order valence-electron chi connectivity index (χ2n) is 5.10. The first-order valence-electron chi connectivity index (χ1n) is 6.93. The Bertz CT molecular complexity index is 912. The van der Waals surface area contributed by atoms with Crippen LogP contribution < -0.4 is 10.5 Å². The van der Waals surface area contributed by atoms with Crippen LogP contribution in [0.3, 0.4) is 0 Å². The van der Waals surface area contributed by atoms with E-state index in [2.05, 4.69) is 15.0 Å². The molecule has 1 aliphatic rings. The van der Waals surface area contributed by atoms with Gasteiger partial charge in [0.15, 0.2) is 0 Å². The summed E-state index contributed by atoms with van der Waals surface area (Å²) in [6.07, 6.45) is 1.50. The zero-order valence-electron chi connectivity index (χ0n) is 12.6. The van der Waals surface area contributed by atoms with Gasteiger partial charge >= 0.3 is 0 Å². The van der Waals surface area contributed by atoms with Gasteiger partial charge in [-0.25, -0.2) is 14.9 Å². The number of H-pyrrole nitrogens is 1. The summed E-state index contributed by atoms with van der Waals surface area (Å²) in [5.74, 6) is 0.160. The SMILES string of the molecule is CC1=N/C(=C/c2ccccc2O)C(=O)N1c1nc(C)cc(=O)[nH]1. The number of hydrogen-bond acceptors (Lipinski definition) is 5. The van der Waals surface area contributed by atoms with E-state index >= 15 is 0 Å². The van der Waals surface area contributed by atoms with E-state index in [-0.39, 0.29) is 23.0 Å². The molecular weight excluding hydrogens is 296 g/mol. The summed E-state index contributed by atoms with van der Waals surface area (Å²) < 4.78 is 0. The molecule has 0 radical (unpaired) electrons. The molecule has 0 aliphatic carbocycles. The monoisotopic (exact) mass is 310 g/mol. The lowest BCUT2D eigenvalue weighted by Crippen LogP contribution is -2.33. The minimum absolute atomic E-state index is 0.0567. The smallest absolute Gasteiger partial charge is 0.284 e. The number of hydrogen-bond donors (Lipinski definition) is 2. The van der Waals surface area contributed by atoms with Crippen molar-refractivity contribution in [3.05, 3.63) is 57.6 Å². The van der Waals surface area contributed by atoms with E-state index < -0.39 is 5.91 Å². The van der Waals surface area contributed by atoms with Crippen molar-refractivity contribution >= 4 is 23.8 Å². The second-order valence-corrected chi connectivity index (χ2v) is 5.10. The summed E-state index contributed by atoms with van der Waals surface area (Å²) in [7, 11) is 0. The van der Waals surface area contributed by atoms with Crippen LogP contribution in [-0.4, -0.2) is 26.8 Å². The van der Waals surface area contributed by atoms with Crippen molar-refractivity contribution < 1.29 is 9.90 Å². The number of aromatic amines is 1. The molecule has 1 aromatic heterocycles. The van der Waals surface area contributed by atoms with E-state index in [1.807, 2.05) is 0 Å². The van der Waals surface area contributed by atoms with Crippen molar-refractivity contribution in [2.75, 3.05) is 4.90 Å². The van der Waals surface area contributed by atoms with Gasteiger partial charge in [-0.1, -0.05) is 18.2 Å². The number of aromatic hydroxyl groups is 1. The Morgan fingerprint density at radius 1 is 1.22 bits per heavy atom. The molecule has 2 aromatic rings. The van der Waals surface area contributed by atoms with Gasteiger partial charge in [0.05, 0.1) is 0 Å². The van der Waals surface area contributed by atoms with E-state index in [0.29, 0.717) is 17.1 Å². The molecular formula is C16H14N4O3. The normalized spacial score (nSPS) is 16.1. The third-order valence-corrected chi connectivity index (χ3v) is 3.33. The lowest BCUT2D eigenvalue weighted by Gasteiger charge is -2.14. The zero-order valence-corrected chi connectivity index (χ0v) is 12.6. The lowest BCUT2D eigenvalue weighted by atomic mass is 10.1. The lowest BCUT2D eigenvalue weighted by molar-refractivity contribution is -0.113. The number of rotatable bonds is 2. The molecule has 0 spiro atoms. The number of benzene rings is 1. The number of nitrogens with zero attached hydrogens (tertiary/aromatic N) is 3. The Labute approximate surface area is 131 Å². The quantitative estimate of drug-likeness (QED) is 0.823. The number of carbonyl (C=O) groups is 1. The largest absolute Gasteiger partial charge is 0.507 e.